The van der Waals surface area contributed by atoms with Crippen molar-refractivity contribution in [2.75, 3.05) is 12.3 Å². The predicted molar refractivity (Wildman–Crippen MR) is 77.3 cm³/mol. The van der Waals surface area contributed by atoms with E-state index in [-0.39, 0.29) is 12.4 Å². The summed E-state index contributed by atoms with van der Waals surface area (Å²) in [4.78, 5) is 13.3. The van der Waals surface area contributed by atoms with E-state index >= 15 is 0 Å². The van der Waals surface area contributed by atoms with Gasteiger partial charge >= 0.3 is 5.97 Å². The molecule has 0 saturated carbocycles. The highest BCUT2D eigenvalue weighted by Crippen LogP contribution is 2.32. The van der Waals surface area contributed by atoms with Gasteiger partial charge in [0.15, 0.2) is 0 Å². The number of carbonyl (C=O) groups is 1. The minimum Gasteiger partial charge on any atom is -0.462 e. The molecule has 0 unspecified atom stereocenters. The first-order valence-corrected chi connectivity index (χ1v) is 6.92. The molecule has 0 atom stereocenters. The van der Waals surface area contributed by atoms with Crippen LogP contribution in [0.3, 0.4) is 0 Å². The van der Waals surface area contributed by atoms with Crippen molar-refractivity contribution >= 4 is 23.4 Å². The quantitative estimate of drug-likeness (QED) is 0.688. The van der Waals surface area contributed by atoms with Crippen LogP contribution in [0.5, 0.6) is 0 Å². The Hall–Kier alpha value is -2.01. The first-order chi connectivity index (χ1) is 9.60. The number of rotatable bonds is 4. The van der Waals surface area contributed by atoms with E-state index in [0.717, 1.165) is 0 Å². The fraction of sp³-hybridized carbons (Fsp3) is 0.133. The van der Waals surface area contributed by atoms with Crippen molar-refractivity contribution < 1.29 is 13.9 Å². The van der Waals surface area contributed by atoms with Crippen molar-refractivity contribution in [2.45, 2.75) is 16.7 Å². The average Bonchev–Trinajstić information content (AvgIpc) is 2.41. The lowest BCUT2D eigenvalue weighted by atomic mass is 10.2. The van der Waals surface area contributed by atoms with Gasteiger partial charge in [0.25, 0.3) is 0 Å². The van der Waals surface area contributed by atoms with Gasteiger partial charge in [-0.3, -0.25) is 0 Å². The Morgan fingerprint density at radius 1 is 1.30 bits per heavy atom. The van der Waals surface area contributed by atoms with Crippen LogP contribution in [0.4, 0.5) is 10.1 Å². The number of esters is 1. The molecule has 3 nitrogen and oxygen atoms in total. The van der Waals surface area contributed by atoms with Crippen molar-refractivity contribution in [2.24, 2.45) is 0 Å². The van der Waals surface area contributed by atoms with Crippen molar-refractivity contribution in [1.29, 1.82) is 0 Å². The lowest BCUT2D eigenvalue weighted by molar-refractivity contribution is 0.0522. The van der Waals surface area contributed by atoms with E-state index in [1.165, 1.54) is 23.9 Å². The van der Waals surface area contributed by atoms with Gasteiger partial charge in [-0.1, -0.05) is 17.8 Å². The number of hydrogen-bond donors (Lipinski definition) is 1. The van der Waals surface area contributed by atoms with Gasteiger partial charge in [0.1, 0.15) is 5.82 Å². The Morgan fingerprint density at radius 3 is 2.80 bits per heavy atom. The van der Waals surface area contributed by atoms with E-state index in [0.29, 0.717) is 21.0 Å². The number of anilines is 1. The van der Waals surface area contributed by atoms with E-state index in [9.17, 15) is 9.18 Å². The number of halogens is 1. The van der Waals surface area contributed by atoms with Gasteiger partial charge in [-0.25, -0.2) is 9.18 Å². The summed E-state index contributed by atoms with van der Waals surface area (Å²) in [6, 6.07) is 11.2. The third-order valence-corrected chi connectivity index (χ3v) is 3.59. The fourth-order valence-corrected chi connectivity index (χ4v) is 2.62. The molecule has 5 heteroatoms. The molecule has 2 aromatic rings. The third kappa shape index (κ3) is 3.51. The highest BCUT2D eigenvalue weighted by atomic mass is 32.2. The van der Waals surface area contributed by atoms with Crippen LogP contribution in [0.2, 0.25) is 0 Å². The molecule has 0 bridgehead atoms. The maximum absolute atomic E-state index is 13.2. The molecule has 0 amide bonds. The molecular weight excluding hydrogens is 277 g/mol. The topological polar surface area (TPSA) is 52.3 Å². The van der Waals surface area contributed by atoms with Gasteiger partial charge in [0.05, 0.1) is 12.2 Å². The Balaban J connectivity index is 2.33. The normalized spacial score (nSPS) is 10.3. The Labute approximate surface area is 120 Å². The van der Waals surface area contributed by atoms with Gasteiger partial charge in [-0.15, -0.1) is 0 Å². The lowest BCUT2D eigenvalue weighted by Gasteiger charge is -2.09. The monoisotopic (exact) mass is 291 g/mol. The van der Waals surface area contributed by atoms with E-state index in [2.05, 4.69) is 0 Å². The number of ether oxygens (including phenoxy) is 1. The third-order valence-electron chi connectivity index (χ3n) is 2.52. The summed E-state index contributed by atoms with van der Waals surface area (Å²) in [7, 11) is 0. The summed E-state index contributed by atoms with van der Waals surface area (Å²) < 4.78 is 18.2. The standard InChI is InChI=1S/C15H14FNO2S/c1-2-19-15(18)13-9-11(17)6-7-14(13)20-12-5-3-4-10(16)8-12/h3-9H,2,17H2,1H3. The fourth-order valence-electron chi connectivity index (χ4n) is 1.66. The summed E-state index contributed by atoms with van der Waals surface area (Å²) in [5.74, 6) is -0.748. The number of hydrogen-bond acceptors (Lipinski definition) is 4. The molecule has 2 aromatic carbocycles. The molecule has 0 radical (unpaired) electrons. The molecule has 0 aliphatic carbocycles. The van der Waals surface area contributed by atoms with Crippen LogP contribution in [0.15, 0.2) is 52.3 Å². The zero-order valence-electron chi connectivity index (χ0n) is 10.9. The lowest BCUT2D eigenvalue weighted by Crippen LogP contribution is -2.06. The molecule has 0 spiro atoms. The van der Waals surface area contributed by atoms with Crippen LogP contribution in [0.1, 0.15) is 17.3 Å². The van der Waals surface area contributed by atoms with E-state index in [4.69, 9.17) is 10.5 Å². The molecule has 0 aliphatic rings. The summed E-state index contributed by atoms with van der Waals surface area (Å²) in [6.45, 7) is 2.03. The molecular formula is C15H14FNO2S. The second-order valence-corrected chi connectivity index (χ2v) is 5.15. The smallest absolute Gasteiger partial charge is 0.339 e. The molecule has 0 heterocycles. The van der Waals surface area contributed by atoms with E-state index in [1.54, 1.807) is 37.3 Å². The molecule has 0 saturated heterocycles. The minimum absolute atomic E-state index is 0.289. The Morgan fingerprint density at radius 2 is 2.10 bits per heavy atom. The predicted octanol–water partition coefficient (Wildman–Crippen LogP) is 3.74. The van der Waals surface area contributed by atoms with Crippen molar-refractivity contribution in [1.82, 2.24) is 0 Å². The van der Waals surface area contributed by atoms with Gasteiger partial charge < -0.3 is 10.5 Å². The van der Waals surface area contributed by atoms with Crippen LogP contribution < -0.4 is 5.73 Å². The Kier molecular flexibility index (Phi) is 4.63. The SMILES string of the molecule is CCOC(=O)c1cc(N)ccc1Sc1cccc(F)c1. The van der Waals surface area contributed by atoms with E-state index in [1.807, 2.05) is 0 Å². The summed E-state index contributed by atoms with van der Waals surface area (Å²) in [5.41, 5.74) is 6.57. The largest absolute Gasteiger partial charge is 0.462 e. The highest BCUT2D eigenvalue weighted by Gasteiger charge is 2.14. The second kappa shape index (κ2) is 6.43. The van der Waals surface area contributed by atoms with Crippen LogP contribution in [-0.4, -0.2) is 12.6 Å². The van der Waals surface area contributed by atoms with Crippen molar-refractivity contribution in [3.05, 3.63) is 53.8 Å². The molecule has 2 N–H and O–H groups in total. The summed E-state index contributed by atoms with van der Waals surface area (Å²) in [6.07, 6.45) is 0. The van der Waals surface area contributed by atoms with Gasteiger partial charge in [0.2, 0.25) is 0 Å². The molecule has 20 heavy (non-hydrogen) atoms. The zero-order chi connectivity index (χ0) is 14.5. The number of nitrogens with two attached hydrogens (primary N) is 1. The molecule has 0 aliphatic heterocycles. The number of carbonyl (C=O) groups excluding carboxylic acids is 1. The van der Waals surface area contributed by atoms with E-state index < -0.39 is 5.97 Å². The number of nitrogen functional groups attached to an aromatic ring is 1. The molecule has 2 rings (SSSR count). The number of benzene rings is 2. The van der Waals surface area contributed by atoms with Crippen molar-refractivity contribution in [3.8, 4) is 0 Å². The van der Waals surface area contributed by atoms with Gasteiger partial charge in [-0.2, -0.15) is 0 Å². The van der Waals surface area contributed by atoms with Crippen LogP contribution in [-0.2, 0) is 4.74 Å². The molecule has 104 valence electrons. The van der Waals surface area contributed by atoms with Crippen LogP contribution in [0, 0.1) is 5.82 Å². The minimum atomic E-state index is -0.432. The van der Waals surface area contributed by atoms with Gasteiger partial charge in [0, 0.05) is 15.5 Å². The average molecular weight is 291 g/mol. The zero-order valence-corrected chi connectivity index (χ0v) is 11.7. The maximum atomic E-state index is 13.2. The first-order valence-electron chi connectivity index (χ1n) is 6.10. The maximum Gasteiger partial charge on any atom is 0.339 e. The second-order valence-electron chi connectivity index (χ2n) is 4.04. The summed E-state index contributed by atoms with van der Waals surface area (Å²) in [5, 5.41) is 0. The molecule has 0 fully saturated rings. The van der Waals surface area contributed by atoms with Crippen LogP contribution in [0.25, 0.3) is 0 Å². The van der Waals surface area contributed by atoms with Crippen LogP contribution >= 0.6 is 11.8 Å². The van der Waals surface area contributed by atoms with Gasteiger partial charge in [-0.05, 0) is 43.3 Å². The summed E-state index contributed by atoms with van der Waals surface area (Å²) >= 11 is 1.29. The highest BCUT2D eigenvalue weighted by molar-refractivity contribution is 7.99. The first kappa shape index (κ1) is 14.4. The molecule has 0 aromatic heterocycles. The Bertz CT molecular complexity index is 631. The van der Waals surface area contributed by atoms with Crippen molar-refractivity contribution in [3.63, 3.8) is 0 Å².